The van der Waals surface area contributed by atoms with Gasteiger partial charge < -0.3 is 15.7 Å². The highest BCUT2D eigenvalue weighted by Crippen LogP contribution is 2.15. The van der Waals surface area contributed by atoms with Crippen molar-refractivity contribution in [1.82, 2.24) is 10.6 Å². The fourth-order valence-corrected chi connectivity index (χ4v) is 1.62. The molecule has 2 atom stereocenters. The van der Waals surface area contributed by atoms with Crippen molar-refractivity contribution in [2.24, 2.45) is 0 Å². The number of carboxylic acid groups (broad SMARTS) is 1. The molecule has 122 valence electrons. The number of amides is 2. The predicted molar refractivity (Wildman–Crippen MR) is 67.4 cm³/mol. The van der Waals surface area contributed by atoms with E-state index in [9.17, 15) is 27.6 Å². The van der Waals surface area contributed by atoms with Crippen LogP contribution in [0, 0.1) is 0 Å². The van der Waals surface area contributed by atoms with Crippen molar-refractivity contribution in [2.45, 2.75) is 57.8 Å². The molecule has 2 amide bonds. The van der Waals surface area contributed by atoms with Crippen LogP contribution >= 0.6 is 0 Å². The van der Waals surface area contributed by atoms with Gasteiger partial charge in [-0.05, 0) is 12.8 Å². The van der Waals surface area contributed by atoms with E-state index in [4.69, 9.17) is 5.11 Å². The SMILES string of the molecule is CCC[C@H](NC(=O)[C@H](CCC)NC(=O)C(F)(F)F)C(=O)O. The van der Waals surface area contributed by atoms with Crippen molar-refractivity contribution in [2.75, 3.05) is 0 Å². The van der Waals surface area contributed by atoms with Crippen molar-refractivity contribution in [1.29, 1.82) is 0 Å². The summed E-state index contributed by atoms with van der Waals surface area (Å²) in [5, 5.41) is 12.6. The number of nitrogens with one attached hydrogen (secondary N) is 2. The molecule has 3 N–H and O–H groups in total. The number of alkyl halides is 3. The molecule has 0 aromatic carbocycles. The molecule has 0 aliphatic heterocycles. The summed E-state index contributed by atoms with van der Waals surface area (Å²) >= 11 is 0. The van der Waals surface area contributed by atoms with Gasteiger partial charge in [-0.1, -0.05) is 26.7 Å². The molecule has 0 spiro atoms. The molecule has 0 aromatic heterocycles. The molecule has 0 heterocycles. The maximum atomic E-state index is 12.2. The zero-order valence-corrected chi connectivity index (χ0v) is 11.8. The van der Waals surface area contributed by atoms with E-state index < -0.39 is 36.0 Å². The summed E-state index contributed by atoms with van der Waals surface area (Å²) in [6.07, 6.45) is -4.15. The number of carbonyl (C=O) groups is 3. The third kappa shape index (κ3) is 6.96. The molecule has 9 heteroatoms. The topological polar surface area (TPSA) is 95.5 Å². The van der Waals surface area contributed by atoms with Crippen molar-refractivity contribution in [3.05, 3.63) is 0 Å². The van der Waals surface area contributed by atoms with Crippen molar-refractivity contribution >= 4 is 17.8 Å². The van der Waals surface area contributed by atoms with Crippen LogP contribution in [0.3, 0.4) is 0 Å². The fourth-order valence-electron chi connectivity index (χ4n) is 1.62. The molecule has 0 saturated carbocycles. The molecule has 0 fully saturated rings. The van der Waals surface area contributed by atoms with Gasteiger partial charge in [0.15, 0.2) is 0 Å². The summed E-state index contributed by atoms with van der Waals surface area (Å²) in [7, 11) is 0. The number of aliphatic carboxylic acids is 1. The average Bonchev–Trinajstić information content (AvgIpc) is 2.36. The molecule has 0 aliphatic carbocycles. The molecular weight excluding hydrogens is 293 g/mol. The average molecular weight is 312 g/mol. The predicted octanol–water partition coefficient (Wildman–Crippen LogP) is 1.20. The van der Waals surface area contributed by atoms with Crippen LogP contribution in [0.5, 0.6) is 0 Å². The maximum absolute atomic E-state index is 12.2. The minimum absolute atomic E-state index is 0.0217. The lowest BCUT2D eigenvalue weighted by atomic mass is 10.1. The van der Waals surface area contributed by atoms with Gasteiger partial charge in [0, 0.05) is 0 Å². The van der Waals surface area contributed by atoms with E-state index >= 15 is 0 Å². The summed E-state index contributed by atoms with van der Waals surface area (Å²) in [5.74, 6) is -4.43. The van der Waals surface area contributed by atoms with Gasteiger partial charge >= 0.3 is 18.1 Å². The third-order valence-electron chi connectivity index (χ3n) is 2.65. The number of halogens is 3. The van der Waals surface area contributed by atoms with Gasteiger partial charge in [0.05, 0.1) is 0 Å². The number of hydrogen-bond donors (Lipinski definition) is 3. The molecule has 0 unspecified atom stereocenters. The molecule has 0 radical (unpaired) electrons. The van der Waals surface area contributed by atoms with Crippen molar-refractivity contribution in [3.8, 4) is 0 Å². The second-order valence-electron chi connectivity index (χ2n) is 4.50. The largest absolute Gasteiger partial charge is 0.480 e. The van der Waals surface area contributed by atoms with Crippen LogP contribution in [0.2, 0.25) is 0 Å². The Labute approximate surface area is 120 Å². The molecule has 0 saturated heterocycles. The normalized spacial score (nSPS) is 14.1. The highest BCUT2D eigenvalue weighted by Gasteiger charge is 2.40. The highest BCUT2D eigenvalue weighted by molar-refractivity contribution is 5.91. The van der Waals surface area contributed by atoms with E-state index in [-0.39, 0.29) is 12.8 Å². The van der Waals surface area contributed by atoms with E-state index in [0.29, 0.717) is 12.8 Å². The Balaban J connectivity index is 4.82. The highest BCUT2D eigenvalue weighted by atomic mass is 19.4. The second kappa shape index (κ2) is 8.48. The first kappa shape index (κ1) is 19.2. The minimum atomic E-state index is -5.10. The quantitative estimate of drug-likeness (QED) is 0.627. The standard InChI is InChI=1S/C12H19F3N2O4/c1-3-5-7(17-11(21)12(13,14)15)9(18)16-8(6-4-2)10(19)20/h7-8H,3-6H2,1-2H3,(H,16,18)(H,17,21)(H,19,20)/t7-,8-/m0/s1. The van der Waals surface area contributed by atoms with Crippen LogP contribution in [0.1, 0.15) is 39.5 Å². The van der Waals surface area contributed by atoms with Gasteiger partial charge in [-0.15, -0.1) is 0 Å². The van der Waals surface area contributed by atoms with E-state index in [1.54, 1.807) is 19.2 Å². The first-order valence-corrected chi connectivity index (χ1v) is 6.54. The van der Waals surface area contributed by atoms with Gasteiger partial charge in [0.1, 0.15) is 12.1 Å². The fraction of sp³-hybridized carbons (Fsp3) is 0.750. The first-order chi connectivity index (χ1) is 9.63. The van der Waals surface area contributed by atoms with E-state index in [1.807, 2.05) is 0 Å². The van der Waals surface area contributed by atoms with Gasteiger partial charge in [-0.2, -0.15) is 13.2 Å². The number of carbonyl (C=O) groups excluding carboxylic acids is 2. The lowest BCUT2D eigenvalue weighted by molar-refractivity contribution is -0.174. The summed E-state index contributed by atoms with van der Waals surface area (Å²) in [6, 6.07) is -2.60. The lowest BCUT2D eigenvalue weighted by Gasteiger charge is -2.21. The van der Waals surface area contributed by atoms with Gasteiger partial charge in [0.2, 0.25) is 5.91 Å². The molecule has 21 heavy (non-hydrogen) atoms. The smallest absolute Gasteiger partial charge is 0.471 e. The van der Waals surface area contributed by atoms with Crippen LogP contribution in [0.4, 0.5) is 13.2 Å². The van der Waals surface area contributed by atoms with Crippen molar-refractivity contribution < 1.29 is 32.7 Å². The van der Waals surface area contributed by atoms with Crippen LogP contribution in [0.15, 0.2) is 0 Å². The van der Waals surface area contributed by atoms with Crippen LogP contribution < -0.4 is 10.6 Å². The number of rotatable bonds is 8. The van der Waals surface area contributed by atoms with E-state index in [1.165, 1.54) is 0 Å². The monoisotopic (exact) mass is 312 g/mol. The lowest BCUT2D eigenvalue weighted by Crippen LogP contribution is -2.53. The van der Waals surface area contributed by atoms with Gasteiger partial charge in [0.25, 0.3) is 0 Å². The van der Waals surface area contributed by atoms with Gasteiger partial charge in [-0.3, -0.25) is 9.59 Å². The second-order valence-corrected chi connectivity index (χ2v) is 4.50. The maximum Gasteiger partial charge on any atom is 0.471 e. The van der Waals surface area contributed by atoms with Crippen LogP contribution in [-0.4, -0.2) is 41.2 Å². The first-order valence-electron chi connectivity index (χ1n) is 6.54. The minimum Gasteiger partial charge on any atom is -0.480 e. The van der Waals surface area contributed by atoms with Crippen LogP contribution in [0.25, 0.3) is 0 Å². The Morgan fingerprint density at radius 2 is 1.48 bits per heavy atom. The zero-order valence-electron chi connectivity index (χ0n) is 11.8. The molecule has 0 bridgehead atoms. The van der Waals surface area contributed by atoms with Gasteiger partial charge in [-0.25, -0.2) is 4.79 Å². The molecular formula is C12H19F3N2O4. The third-order valence-corrected chi connectivity index (χ3v) is 2.65. The molecule has 0 aromatic rings. The molecule has 0 rings (SSSR count). The Morgan fingerprint density at radius 3 is 1.86 bits per heavy atom. The Morgan fingerprint density at radius 1 is 1.00 bits per heavy atom. The zero-order chi connectivity index (χ0) is 16.6. The summed E-state index contributed by atoms with van der Waals surface area (Å²) in [5.41, 5.74) is 0. The van der Waals surface area contributed by atoms with Crippen LogP contribution in [-0.2, 0) is 14.4 Å². The molecule has 0 aliphatic rings. The summed E-state index contributed by atoms with van der Waals surface area (Å²) < 4.78 is 36.6. The Hall–Kier alpha value is -1.80. The van der Waals surface area contributed by atoms with E-state index in [0.717, 1.165) is 0 Å². The van der Waals surface area contributed by atoms with Crippen molar-refractivity contribution in [3.63, 3.8) is 0 Å². The summed E-state index contributed by atoms with van der Waals surface area (Å²) in [4.78, 5) is 33.6. The number of hydrogen-bond acceptors (Lipinski definition) is 3. The molecule has 6 nitrogen and oxygen atoms in total. The number of carboxylic acids is 1. The van der Waals surface area contributed by atoms with E-state index in [2.05, 4.69) is 5.32 Å². The Bertz CT molecular complexity index is 385. The summed E-state index contributed by atoms with van der Waals surface area (Å²) in [6.45, 7) is 3.33. The Kier molecular flexibility index (Phi) is 7.75.